The molecule has 0 atom stereocenters. The molecule has 1 saturated heterocycles. The summed E-state index contributed by atoms with van der Waals surface area (Å²) < 4.78 is 30.6. The fraction of sp³-hybridized carbons (Fsp3) is 0.438. The van der Waals surface area contributed by atoms with Crippen LogP contribution in [0.25, 0.3) is 11.0 Å². The highest BCUT2D eigenvalue weighted by Gasteiger charge is 2.28. The minimum Gasteiger partial charge on any atom is -0.475 e. The summed E-state index contributed by atoms with van der Waals surface area (Å²) in [6.45, 7) is 1.88. The van der Waals surface area contributed by atoms with E-state index in [9.17, 15) is 18.3 Å². The predicted molar refractivity (Wildman–Crippen MR) is 89.5 cm³/mol. The van der Waals surface area contributed by atoms with Crippen LogP contribution in [-0.4, -0.2) is 61.1 Å². The van der Waals surface area contributed by atoms with E-state index in [0.29, 0.717) is 43.7 Å². The van der Waals surface area contributed by atoms with Gasteiger partial charge in [-0.3, -0.25) is 0 Å². The Kier molecular flexibility index (Phi) is 4.62. The van der Waals surface area contributed by atoms with Crippen LogP contribution in [0.5, 0.6) is 0 Å². The van der Waals surface area contributed by atoms with Gasteiger partial charge in [0, 0.05) is 37.1 Å². The maximum absolute atomic E-state index is 11.8. The van der Waals surface area contributed by atoms with Crippen LogP contribution in [0.4, 0.5) is 0 Å². The molecule has 0 saturated carbocycles. The van der Waals surface area contributed by atoms with Crippen molar-refractivity contribution in [2.75, 3.05) is 32.4 Å². The monoisotopic (exact) mass is 352 g/mol. The molecule has 7 nitrogen and oxygen atoms in total. The van der Waals surface area contributed by atoms with Gasteiger partial charge in [-0.15, -0.1) is 0 Å². The molecular weight excluding hydrogens is 332 g/mol. The Morgan fingerprint density at radius 2 is 2.12 bits per heavy atom. The van der Waals surface area contributed by atoms with Crippen molar-refractivity contribution in [1.29, 1.82) is 0 Å². The summed E-state index contributed by atoms with van der Waals surface area (Å²) in [7, 11) is -1.26. The first kappa shape index (κ1) is 16.9. The van der Waals surface area contributed by atoms with Gasteiger partial charge in [-0.25, -0.2) is 17.5 Å². The molecule has 0 bridgehead atoms. The molecule has 1 fully saturated rings. The van der Waals surface area contributed by atoms with Crippen LogP contribution in [0.3, 0.4) is 0 Å². The highest BCUT2D eigenvalue weighted by atomic mass is 32.2. The summed E-state index contributed by atoms with van der Waals surface area (Å²) in [5.41, 5.74) is 1.16. The maximum atomic E-state index is 11.8. The van der Waals surface area contributed by atoms with E-state index in [4.69, 9.17) is 4.42 Å². The standard InChI is InChI=1S/C16H20N2O5S/c1-17(8-9-18-7-4-10-24(18,21)22)11-13-12-5-2-3-6-14(12)23-15(13)16(19)20/h2-3,5-6H,4,7-11H2,1H3,(H,19,20). The van der Waals surface area contributed by atoms with Crippen LogP contribution in [0.15, 0.2) is 28.7 Å². The van der Waals surface area contributed by atoms with Gasteiger partial charge in [0.25, 0.3) is 0 Å². The Morgan fingerprint density at radius 3 is 2.79 bits per heavy atom. The number of rotatable bonds is 6. The summed E-state index contributed by atoms with van der Waals surface area (Å²) >= 11 is 0. The van der Waals surface area contributed by atoms with Crippen molar-refractivity contribution in [3.63, 3.8) is 0 Å². The van der Waals surface area contributed by atoms with Gasteiger partial charge in [-0.2, -0.15) is 0 Å². The van der Waals surface area contributed by atoms with Gasteiger partial charge in [0.05, 0.1) is 5.75 Å². The number of carboxylic acid groups (broad SMARTS) is 1. The van der Waals surface area contributed by atoms with Gasteiger partial charge in [-0.1, -0.05) is 18.2 Å². The molecule has 24 heavy (non-hydrogen) atoms. The third kappa shape index (κ3) is 3.31. The second-order valence-corrected chi connectivity index (χ2v) is 8.11. The smallest absolute Gasteiger partial charge is 0.372 e. The second-order valence-electron chi connectivity index (χ2n) is 6.02. The van der Waals surface area contributed by atoms with Gasteiger partial charge >= 0.3 is 5.97 Å². The van der Waals surface area contributed by atoms with Crippen LogP contribution in [0, 0.1) is 0 Å². The van der Waals surface area contributed by atoms with Crippen molar-refractivity contribution in [3.8, 4) is 0 Å². The summed E-state index contributed by atoms with van der Waals surface area (Å²) in [5.74, 6) is -0.944. The van der Waals surface area contributed by atoms with Crippen LogP contribution in [0.2, 0.25) is 0 Å². The average Bonchev–Trinajstić information content (AvgIpc) is 3.05. The number of hydrogen-bond acceptors (Lipinski definition) is 5. The molecule has 2 heterocycles. The highest BCUT2D eigenvalue weighted by molar-refractivity contribution is 7.89. The fourth-order valence-electron chi connectivity index (χ4n) is 3.00. The SMILES string of the molecule is CN(CCN1CCCS1(=O)=O)Cc1c(C(=O)O)oc2ccccc12. The van der Waals surface area contributed by atoms with E-state index in [-0.39, 0.29) is 11.5 Å². The van der Waals surface area contributed by atoms with Gasteiger partial charge in [0.1, 0.15) is 5.58 Å². The van der Waals surface area contributed by atoms with Crippen molar-refractivity contribution in [2.24, 2.45) is 0 Å². The van der Waals surface area contributed by atoms with Gasteiger partial charge in [0.15, 0.2) is 0 Å². The molecule has 1 aliphatic rings. The number of benzene rings is 1. The number of nitrogens with zero attached hydrogens (tertiary/aromatic N) is 2. The Balaban J connectivity index is 1.74. The lowest BCUT2D eigenvalue weighted by molar-refractivity contribution is 0.0662. The first-order valence-corrected chi connectivity index (χ1v) is 9.39. The third-order valence-electron chi connectivity index (χ3n) is 4.25. The number of carbonyl (C=O) groups is 1. The van der Waals surface area contributed by atoms with Crippen molar-refractivity contribution in [2.45, 2.75) is 13.0 Å². The molecule has 1 N–H and O–H groups in total. The number of furan rings is 1. The van der Waals surface area contributed by atoms with E-state index in [0.717, 1.165) is 5.39 Å². The van der Waals surface area contributed by atoms with Gasteiger partial charge in [-0.05, 0) is 19.5 Å². The molecule has 8 heteroatoms. The van der Waals surface area contributed by atoms with Crippen molar-refractivity contribution in [3.05, 3.63) is 35.6 Å². The van der Waals surface area contributed by atoms with Crippen molar-refractivity contribution in [1.82, 2.24) is 9.21 Å². The first-order chi connectivity index (χ1) is 11.4. The van der Waals surface area contributed by atoms with E-state index in [1.54, 1.807) is 12.1 Å². The topological polar surface area (TPSA) is 91.1 Å². The van der Waals surface area contributed by atoms with E-state index in [2.05, 4.69) is 0 Å². The Morgan fingerprint density at radius 1 is 1.38 bits per heavy atom. The summed E-state index contributed by atoms with van der Waals surface area (Å²) in [4.78, 5) is 13.3. The number of hydrogen-bond donors (Lipinski definition) is 1. The van der Waals surface area contributed by atoms with Crippen molar-refractivity contribution < 1.29 is 22.7 Å². The normalized spacial score (nSPS) is 17.8. The van der Waals surface area contributed by atoms with Crippen LogP contribution in [-0.2, 0) is 16.6 Å². The summed E-state index contributed by atoms with van der Waals surface area (Å²) in [5, 5.41) is 10.1. The zero-order valence-corrected chi connectivity index (χ0v) is 14.3. The first-order valence-electron chi connectivity index (χ1n) is 7.78. The zero-order chi connectivity index (χ0) is 17.3. The predicted octanol–water partition coefficient (Wildman–Crippen LogP) is 1.60. The van der Waals surface area contributed by atoms with E-state index in [1.165, 1.54) is 4.31 Å². The molecule has 0 amide bonds. The number of carboxylic acids is 1. The van der Waals surface area contributed by atoms with E-state index < -0.39 is 16.0 Å². The quantitative estimate of drug-likeness (QED) is 0.849. The maximum Gasteiger partial charge on any atom is 0.372 e. The van der Waals surface area contributed by atoms with Crippen LogP contribution < -0.4 is 0 Å². The van der Waals surface area contributed by atoms with Crippen molar-refractivity contribution >= 4 is 27.0 Å². The van der Waals surface area contributed by atoms with E-state index >= 15 is 0 Å². The molecule has 0 unspecified atom stereocenters. The van der Waals surface area contributed by atoms with E-state index in [1.807, 2.05) is 24.1 Å². The van der Waals surface area contributed by atoms with Crippen LogP contribution >= 0.6 is 0 Å². The molecule has 1 aliphatic heterocycles. The average molecular weight is 352 g/mol. The molecule has 0 spiro atoms. The zero-order valence-electron chi connectivity index (χ0n) is 13.4. The molecule has 0 radical (unpaired) electrons. The number of fused-ring (bicyclic) bond motifs is 1. The minimum atomic E-state index is -3.11. The molecule has 130 valence electrons. The Hall–Kier alpha value is -1.90. The number of para-hydroxylation sites is 1. The second kappa shape index (κ2) is 6.54. The number of aromatic carboxylic acids is 1. The fourth-order valence-corrected chi connectivity index (χ4v) is 4.52. The molecular formula is C16H20N2O5S. The molecule has 3 rings (SSSR count). The third-order valence-corrected chi connectivity index (χ3v) is 6.21. The lowest BCUT2D eigenvalue weighted by Crippen LogP contribution is -2.34. The number of sulfonamides is 1. The lowest BCUT2D eigenvalue weighted by atomic mass is 10.1. The molecule has 0 aliphatic carbocycles. The summed E-state index contributed by atoms with van der Waals surface area (Å²) in [6, 6.07) is 7.20. The largest absolute Gasteiger partial charge is 0.475 e. The molecule has 1 aromatic carbocycles. The Bertz CT molecular complexity index is 858. The minimum absolute atomic E-state index is 0.0585. The number of likely N-dealkylation sites (N-methyl/N-ethyl adjacent to an activating group) is 1. The summed E-state index contributed by atoms with van der Waals surface area (Å²) in [6.07, 6.45) is 0.668. The molecule has 1 aromatic heterocycles. The van der Waals surface area contributed by atoms with Gasteiger partial charge < -0.3 is 14.4 Å². The molecule has 2 aromatic rings. The van der Waals surface area contributed by atoms with Gasteiger partial charge in [0.2, 0.25) is 15.8 Å². The highest BCUT2D eigenvalue weighted by Crippen LogP contribution is 2.27. The Labute approximate surface area is 140 Å². The lowest BCUT2D eigenvalue weighted by Gasteiger charge is -2.20. The van der Waals surface area contributed by atoms with Crippen LogP contribution in [0.1, 0.15) is 22.5 Å².